The predicted octanol–water partition coefficient (Wildman–Crippen LogP) is 4.43. The summed E-state index contributed by atoms with van der Waals surface area (Å²) >= 11 is 0. The van der Waals surface area contributed by atoms with E-state index >= 15 is 0 Å². The average molecular weight is 367 g/mol. The molecule has 0 aliphatic heterocycles. The van der Waals surface area contributed by atoms with Gasteiger partial charge < -0.3 is 15.4 Å². The van der Waals surface area contributed by atoms with Crippen molar-refractivity contribution in [1.29, 1.82) is 0 Å². The van der Waals surface area contributed by atoms with Gasteiger partial charge in [-0.25, -0.2) is 0 Å². The number of esters is 1. The first kappa shape index (κ1) is 21.7. The highest BCUT2D eigenvalue weighted by molar-refractivity contribution is 5.69. The summed E-state index contributed by atoms with van der Waals surface area (Å²) in [6.45, 7) is 6.59. The number of rotatable bonds is 11. The van der Waals surface area contributed by atoms with Crippen LogP contribution in [0.25, 0.3) is 0 Å². The van der Waals surface area contributed by atoms with Crippen LogP contribution >= 0.6 is 0 Å². The molecule has 152 valence electrons. The Morgan fingerprint density at radius 3 is 1.88 bits per heavy atom. The molecule has 0 heterocycles. The van der Waals surface area contributed by atoms with Crippen molar-refractivity contribution in [1.82, 2.24) is 10.6 Å². The molecule has 0 aromatic heterocycles. The van der Waals surface area contributed by atoms with Gasteiger partial charge in [0.1, 0.15) is 0 Å². The summed E-state index contributed by atoms with van der Waals surface area (Å²) in [6, 6.07) is 1.40. The van der Waals surface area contributed by atoms with Crippen LogP contribution in [0.15, 0.2) is 0 Å². The van der Waals surface area contributed by atoms with Gasteiger partial charge in [-0.15, -0.1) is 0 Å². The highest BCUT2D eigenvalue weighted by atomic mass is 16.5. The topological polar surface area (TPSA) is 50.4 Å². The van der Waals surface area contributed by atoms with Crippen molar-refractivity contribution in [2.45, 2.75) is 103 Å². The largest absolute Gasteiger partial charge is 0.466 e. The lowest BCUT2D eigenvalue weighted by Crippen LogP contribution is -2.36. The number of nitrogens with one attached hydrogen (secondary N) is 2. The van der Waals surface area contributed by atoms with Gasteiger partial charge >= 0.3 is 5.97 Å². The zero-order valence-corrected chi connectivity index (χ0v) is 17.2. The minimum atomic E-state index is -0.0755. The standard InChI is InChI=1S/C22H42N2O2/c1-3-5-15-23-20-10-6-18(7-11-20)17-19-8-12-21(13-9-19)24-16-14-22(25)26-4-2/h18-21,23-24H,3-17H2,1-2H3. The van der Waals surface area contributed by atoms with Gasteiger partial charge in [-0.3, -0.25) is 4.79 Å². The van der Waals surface area contributed by atoms with Crippen LogP contribution in [-0.2, 0) is 9.53 Å². The van der Waals surface area contributed by atoms with E-state index in [2.05, 4.69) is 17.6 Å². The summed E-state index contributed by atoms with van der Waals surface area (Å²) in [4.78, 5) is 11.4. The van der Waals surface area contributed by atoms with Crippen LogP contribution in [0.5, 0.6) is 0 Å². The molecule has 4 nitrogen and oxygen atoms in total. The van der Waals surface area contributed by atoms with Gasteiger partial charge in [-0.2, -0.15) is 0 Å². The Kier molecular flexibility index (Phi) is 10.6. The Bertz CT molecular complexity index is 372. The molecule has 2 N–H and O–H groups in total. The van der Waals surface area contributed by atoms with Crippen LogP contribution in [0.2, 0.25) is 0 Å². The fourth-order valence-electron chi connectivity index (χ4n) is 4.77. The first-order valence-corrected chi connectivity index (χ1v) is 11.3. The normalized spacial score (nSPS) is 29.5. The summed E-state index contributed by atoms with van der Waals surface area (Å²) in [7, 11) is 0. The third kappa shape index (κ3) is 8.39. The molecular formula is C22H42N2O2. The van der Waals surface area contributed by atoms with Crippen LogP contribution in [0.3, 0.4) is 0 Å². The number of ether oxygens (including phenoxy) is 1. The Morgan fingerprint density at radius 2 is 1.38 bits per heavy atom. The Morgan fingerprint density at radius 1 is 0.846 bits per heavy atom. The summed E-state index contributed by atoms with van der Waals surface area (Å²) < 4.78 is 4.98. The van der Waals surface area contributed by atoms with Gasteiger partial charge in [0.25, 0.3) is 0 Å². The Hall–Kier alpha value is -0.610. The van der Waals surface area contributed by atoms with Crippen molar-refractivity contribution in [2.75, 3.05) is 19.7 Å². The number of hydrogen-bond acceptors (Lipinski definition) is 4. The minimum absolute atomic E-state index is 0.0755. The van der Waals surface area contributed by atoms with Crippen LogP contribution in [-0.4, -0.2) is 37.7 Å². The van der Waals surface area contributed by atoms with E-state index in [1.807, 2.05) is 6.92 Å². The maximum Gasteiger partial charge on any atom is 0.307 e. The SMILES string of the molecule is CCCCNC1CCC(CC2CCC(NCCC(=O)OCC)CC2)CC1. The quantitative estimate of drug-likeness (QED) is 0.420. The summed E-state index contributed by atoms with van der Waals surface area (Å²) in [5.74, 6) is 1.83. The van der Waals surface area contributed by atoms with Gasteiger partial charge in [0, 0.05) is 18.6 Å². The van der Waals surface area contributed by atoms with E-state index in [-0.39, 0.29) is 5.97 Å². The lowest BCUT2D eigenvalue weighted by molar-refractivity contribution is -0.143. The lowest BCUT2D eigenvalue weighted by atomic mass is 9.75. The lowest BCUT2D eigenvalue weighted by Gasteiger charge is -2.34. The second-order valence-electron chi connectivity index (χ2n) is 8.49. The van der Waals surface area contributed by atoms with Gasteiger partial charge in [0.05, 0.1) is 13.0 Å². The van der Waals surface area contributed by atoms with Gasteiger partial charge in [0.2, 0.25) is 0 Å². The second-order valence-corrected chi connectivity index (χ2v) is 8.49. The zero-order valence-electron chi connectivity index (χ0n) is 17.2. The monoisotopic (exact) mass is 366 g/mol. The number of carbonyl (C=O) groups is 1. The van der Waals surface area contributed by atoms with Gasteiger partial charge in [0.15, 0.2) is 0 Å². The molecule has 0 aromatic carbocycles. The minimum Gasteiger partial charge on any atom is -0.466 e. The number of unbranched alkanes of at least 4 members (excludes halogenated alkanes) is 1. The van der Waals surface area contributed by atoms with E-state index in [4.69, 9.17) is 4.74 Å². The molecule has 2 rings (SSSR count). The van der Waals surface area contributed by atoms with E-state index in [0.717, 1.165) is 24.4 Å². The van der Waals surface area contributed by atoms with Crippen molar-refractivity contribution in [3.63, 3.8) is 0 Å². The third-order valence-corrected chi connectivity index (χ3v) is 6.39. The second kappa shape index (κ2) is 12.7. The summed E-state index contributed by atoms with van der Waals surface area (Å²) in [6.07, 6.45) is 15.5. The molecule has 0 bridgehead atoms. The van der Waals surface area contributed by atoms with Crippen molar-refractivity contribution in [2.24, 2.45) is 11.8 Å². The maximum atomic E-state index is 11.4. The fraction of sp³-hybridized carbons (Fsp3) is 0.955. The third-order valence-electron chi connectivity index (χ3n) is 6.39. The molecule has 2 aliphatic rings. The van der Waals surface area contributed by atoms with E-state index in [1.54, 1.807) is 0 Å². The molecule has 4 heteroatoms. The highest BCUT2D eigenvalue weighted by Gasteiger charge is 2.26. The van der Waals surface area contributed by atoms with Crippen LogP contribution in [0.4, 0.5) is 0 Å². The molecule has 0 amide bonds. The zero-order chi connectivity index (χ0) is 18.6. The molecule has 2 fully saturated rings. The number of hydrogen-bond donors (Lipinski definition) is 2. The average Bonchev–Trinajstić information content (AvgIpc) is 2.65. The Balaban J connectivity index is 1.52. The molecule has 0 unspecified atom stereocenters. The van der Waals surface area contributed by atoms with E-state index in [1.165, 1.54) is 77.2 Å². The molecule has 0 saturated heterocycles. The molecule has 0 radical (unpaired) electrons. The predicted molar refractivity (Wildman–Crippen MR) is 108 cm³/mol. The molecular weight excluding hydrogens is 324 g/mol. The van der Waals surface area contributed by atoms with Gasteiger partial charge in [-0.1, -0.05) is 13.3 Å². The van der Waals surface area contributed by atoms with Crippen LogP contribution in [0.1, 0.15) is 90.9 Å². The van der Waals surface area contributed by atoms with Crippen LogP contribution < -0.4 is 10.6 Å². The van der Waals surface area contributed by atoms with E-state index < -0.39 is 0 Å². The van der Waals surface area contributed by atoms with Crippen molar-refractivity contribution in [3.05, 3.63) is 0 Å². The number of carbonyl (C=O) groups excluding carboxylic acids is 1. The molecule has 0 aromatic rings. The van der Waals surface area contributed by atoms with E-state index in [0.29, 0.717) is 19.1 Å². The van der Waals surface area contributed by atoms with E-state index in [9.17, 15) is 4.79 Å². The first-order chi connectivity index (χ1) is 12.7. The molecule has 0 atom stereocenters. The highest BCUT2D eigenvalue weighted by Crippen LogP contribution is 2.35. The summed E-state index contributed by atoms with van der Waals surface area (Å²) in [5, 5.41) is 7.30. The maximum absolute atomic E-state index is 11.4. The molecule has 26 heavy (non-hydrogen) atoms. The van der Waals surface area contributed by atoms with Crippen molar-refractivity contribution < 1.29 is 9.53 Å². The van der Waals surface area contributed by atoms with Gasteiger partial charge in [-0.05, 0) is 89.5 Å². The summed E-state index contributed by atoms with van der Waals surface area (Å²) in [5.41, 5.74) is 0. The Labute approximate surface area is 161 Å². The molecule has 0 spiro atoms. The van der Waals surface area contributed by atoms with Crippen LogP contribution in [0, 0.1) is 11.8 Å². The smallest absolute Gasteiger partial charge is 0.307 e. The molecule has 2 saturated carbocycles. The van der Waals surface area contributed by atoms with Crippen molar-refractivity contribution >= 4 is 5.97 Å². The van der Waals surface area contributed by atoms with Crippen molar-refractivity contribution in [3.8, 4) is 0 Å². The fourth-order valence-corrected chi connectivity index (χ4v) is 4.77. The molecule has 2 aliphatic carbocycles. The first-order valence-electron chi connectivity index (χ1n) is 11.3.